The number of non-ortho nitro benzene ring substituents is 1. The summed E-state index contributed by atoms with van der Waals surface area (Å²) in [5.74, 6) is -6.13. The largest absolute Gasteiger partial charge is 0.512 e. The highest BCUT2D eigenvalue weighted by molar-refractivity contribution is 6.08. The molecule has 2 spiro atoms. The van der Waals surface area contributed by atoms with E-state index in [9.17, 15) is 45.1 Å². The molecule has 9 unspecified atom stereocenters. The Morgan fingerprint density at radius 3 is 2.22 bits per heavy atom. The van der Waals surface area contributed by atoms with Crippen LogP contribution in [0.5, 0.6) is 23.0 Å². The van der Waals surface area contributed by atoms with Crippen molar-refractivity contribution in [2.75, 3.05) is 32.6 Å². The van der Waals surface area contributed by atoms with E-state index in [0.717, 1.165) is 12.5 Å². The number of carbonyl (C=O) groups excluding carboxylic acids is 3. The van der Waals surface area contributed by atoms with E-state index in [-0.39, 0.29) is 40.9 Å². The monoisotopic (exact) mass is 888 g/mol. The van der Waals surface area contributed by atoms with Crippen LogP contribution in [-0.2, 0) is 19.9 Å². The number of allylic oxidation sites excluding steroid dienone is 2. The van der Waals surface area contributed by atoms with Gasteiger partial charge in [-0.1, -0.05) is 25.0 Å². The number of ether oxygens (including phenoxy) is 2. The molecular formula is C47H48N6O12. The third-order valence-electron chi connectivity index (χ3n) is 15.3. The number of nitrogens with zero attached hydrogens (tertiary/aromatic N) is 4. The Labute approximate surface area is 372 Å². The minimum Gasteiger partial charge on any atom is -0.512 e. The van der Waals surface area contributed by atoms with E-state index in [1.165, 1.54) is 56.7 Å². The fraction of sp³-hybridized carbons (Fsp3) is 0.426. The zero-order chi connectivity index (χ0) is 45.7. The number of phenolic OH excluding ortho intramolecular Hbond substituents is 2. The van der Waals surface area contributed by atoms with E-state index in [1.807, 2.05) is 9.80 Å². The number of benzene rings is 3. The molecule has 0 saturated carbocycles. The minimum atomic E-state index is -1.71. The van der Waals surface area contributed by atoms with Crippen LogP contribution >= 0.6 is 0 Å². The van der Waals surface area contributed by atoms with Gasteiger partial charge in [-0.15, -0.1) is 0 Å². The smallest absolute Gasteiger partial charge is 0.269 e. The number of aliphatic hydroxyl groups excluding tert-OH is 1. The van der Waals surface area contributed by atoms with E-state index in [4.69, 9.17) is 9.47 Å². The first-order valence-electron chi connectivity index (χ1n) is 22.0. The fourth-order valence-electron chi connectivity index (χ4n) is 12.9. The second-order valence-corrected chi connectivity index (χ2v) is 18.1. The number of hydrogen-bond acceptors (Lipinski definition) is 14. The fourth-order valence-corrected chi connectivity index (χ4v) is 12.9. The number of phenols is 2. The summed E-state index contributed by atoms with van der Waals surface area (Å²) in [5.41, 5.74) is -1.11. The quantitative estimate of drug-likeness (QED) is 0.0777. The lowest BCUT2D eigenvalue weighted by molar-refractivity contribution is -0.509. The number of aliphatic hydroxyl groups is 1. The normalized spacial score (nSPS) is 31.6. The van der Waals surface area contributed by atoms with Crippen molar-refractivity contribution in [3.8, 4) is 23.0 Å². The SMILES string of the molecule is COc1ccc(C2C3CCCCN3C3(C(=O)NC4=C3CC([N+](=O)[O-])C=C4)C2C(=O)C=C(O)C2C3CCCCN3C3(C(=O)Nc4ccc([N+](=O)[O-])cc43)C2c2ccc(O)c(OC)c2)cc1O. The van der Waals surface area contributed by atoms with E-state index in [1.54, 1.807) is 24.3 Å². The highest BCUT2D eigenvalue weighted by atomic mass is 16.6. The number of nitrogens with one attached hydrogen (secondary N) is 2. The van der Waals surface area contributed by atoms with Crippen LogP contribution < -0.4 is 20.1 Å². The molecule has 0 aromatic heterocycles. The lowest BCUT2D eigenvalue weighted by Crippen LogP contribution is -2.60. The molecule has 1 aliphatic carbocycles. The third kappa shape index (κ3) is 5.95. The first-order chi connectivity index (χ1) is 31.3. The average Bonchev–Trinajstić information content (AvgIpc) is 3.98. The Morgan fingerprint density at radius 1 is 0.831 bits per heavy atom. The minimum absolute atomic E-state index is 0.0829. The van der Waals surface area contributed by atoms with Crippen LogP contribution in [0.4, 0.5) is 11.4 Å². The highest BCUT2D eigenvalue weighted by Gasteiger charge is 2.71. The summed E-state index contributed by atoms with van der Waals surface area (Å²) in [6, 6.07) is 11.4. The molecule has 18 heteroatoms. The van der Waals surface area contributed by atoms with Crippen molar-refractivity contribution in [1.82, 2.24) is 15.1 Å². The van der Waals surface area contributed by atoms with Crippen molar-refractivity contribution in [2.45, 2.75) is 86.0 Å². The molecule has 2 amide bonds. The number of nitro groups is 2. The highest BCUT2D eigenvalue weighted by Crippen LogP contribution is 2.64. The summed E-state index contributed by atoms with van der Waals surface area (Å²) in [5, 5.41) is 65.4. The number of amides is 2. The van der Waals surface area contributed by atoms with Gasteiger partial charge in [0, 0.05) is 76.3 Å². The van der Waals surface area contributed by atoms with Crippen molar-refractivity contribution in [3.63, 3.8) is 0 Å². The molecular weight excluding hydrogens is 841 g/mol. The van der Waals surface area contributed by atoms with E-state index >= 15 is 4.79 Å². The van der Waals surface area contributed by atoms with Gasteiger partial charge in [-0.05, 0) is 98.0 Å². The number of ketones is 1. The molecule has 3 aromatic rings. The number of hydrogen-bond donors (Lipinski definition) is 5. The van der Waals surface area contributed by atoms with Gasteiger partial charge < -0.3 is 35.4 Å². The number of fused-ring (bicyclic) bond motifs is 7. The molecule has 10 rings (SSSR count). The number of anilines is 1. The molecule has 0 radical (unpaired) electrons. The maximum atomic E-state index is 15.9. The van der Waals surface area contributed by atoms with Crippen LogP contribution in [-0.4, -0.2) is 104 Å². The van der Waals surface area contributed by atoms with Gasteiger partial charge in [-0.3, -0.25) is 44.4 Å². The van der Waals surface area contributed by atoms with Gasteiger partial charge in [0.15, 0.2) is 28.8 Å². The maximum Gasteiger partial charge on any atom is 0.269 e. The summed E-state index contributed by atoms with van der Waals surface area (Å²) in [6.45, 7) is 0.769. The summed E-state index contributed by atoms with van der Waals surface area (Å²) in [4.78, 5) is 73.4. The Bertz CT molecular complexity index is 2680. The number of carbonyl (C=O) groups is 3. The van der Waals surface area contributed by atoms with Crippen LogP contribution in [0.3, 0.4) is 0 Å². The second kappa shape index (κ2) is 15.4. The number of methoxy groups -OCH3 is 2. The summed E-state index contributed by atoms with van der Waals surface area (Å²) in [6.07, 6.45) is 7.84. The van der Waals surface area contributed by atoms with Crippen molar-refractivity contribution >= 4 is 29.0 Å². The molecule has 0 bridgehead atoms. The molecule has 6 aliphatic heterocycles. The summed E-state index contributed by atoms with van der Waals surface area (Å²) < 4.78 is 10.9. The molecule has 5 N–H and O–H groups in total. The number of nitro benzene ring substituents is 1. The van der Waals surface area contributed by atoms with Gasteiger partial charge in [-0.2, -0.15) is 0 Å². The first kappa shape index (κ1) is 42.2. The van der Waals surface area contributed by atoms with E-state index in [0.29, 0.717) is 78.8 Å². The van der Waals surface area contributed by atoms with Crippen LogP contribution in [0.2, 0.25) is 0 Å². The summed E-state index contributed by atoms with van der Waals surface area (Å²) >= 11 is 0. The molecule has 18 nitrogen and oxygen atoms in total. The standard InChI is InChI=1S/C47H48N6O12/c1-64-38-16-10-24(19-35(38)55)40-32-7-3-5-17-50(32)47(29-22-27(53(62)63)12-14-31(29)49-45(47)59)43(40)37(57)23-36(56)41-33-8-4-6-18-51(33)46(42(41)25-9-15-34(54)39(20-25)65-2)28-21-26(52(60)61)11-13-30(28)48-44(46)58/h9-16,19-21,23,27,32-33,40-43,54-56H,3-8,17-18,22H2,1-2H3,(H,48,58)(H,49,59). The molecule has 4 fully saturated rings. The van der Waals surface area contributed by atoms with Gasteiger partial charge in [-0.25, -0.2) is 0 Å². The van der Waals surface area contributed by atoms with Crippen molar-refractivity contribution in [2.24, 2.45) is 11.8 Å². The van der Waals surface area contributed by atoms with Crippen LogP contribution in [0.15, 0.2) is 89.9 Å². The summed E-state index contributed by atoms with van der Waals surface area (Å²) in [7, 11) is 2.79. The molecule has 6 heterocycles. The van der Waals surface area contributed by atoms with E-state index < -0.39 is 80.3 Å². The van der Waals surface area contributed by atoms with E-state index in [2.05, 4.69) is 10.6 Å². The molecule has 4 saturated heterocycles. The average molecular weight is 889 g/mol. The van der Waals surface area contributed by atoms with Gasteiger partial charge >= 0.3 is 0 Å². The van der Waals surface area contributed by atoms with Gasteiger partial charge in [0.1, 0.15) is 16.8 Å². The maximum absolute atomic E-state index is 15.9. The van der Waals surface area contributed by atoms with Crippen molar-refractivity contribution in [3.05, 3.63) is 127 Å². The molecule has 3 aromatic carbocycles. The van der Waals surface area contributed by atoms with Crippen LogP contribution in [0.1, 0.15) is 73.5 Å². The molecule has 7 aliphatic rings. The topological polar surface area (TPSA) is 247 Å². The lowest BCUT2D eigenvalue weighted by Gasteiger charge is -2.42. The van der Waals surface area contributed by atoms with Crippen LogP contribution in [0, 0.1) is 32.1 Å². The van der Waals surface area contributed by atoms with Gasteiger partial charge in [0.05, 0.1) is 25.1 Å². The number of piperidine rings is 2. The number of aromatic hydroxyl groups is 2. The zero-order valence-electron chi connectivity index (χ0n) is 35.6. The predicted octanol–water partition coefficient (Wildman–Crippen LogP) is 5.45. The molecule has 338 valence electrons. The lowest BCUT2D eigenvalue weighted by atomic mass is 9.67. The second-order valence-electron chi connectivity index (χ2n) is 18.1. The van der Waals surface area contributed by atoms with Crippen molar-refractivity contribution < 1.29 is 49.0 Å². The third-order valence-corrected chi connectivity index (χ3v) is 15.3. The first-order valence-corrected chi connectivity index (χ1v) is 22.0. The van der Waals surface area contributed by atoms with Gasteiger partial charge in [0.2, 0.25) is 17.9 Å². The van der Waals surface area contributed by atoms with Crippen molar-refractivity contribution in [1.29, 1.82) is 0 Å². The Morgan fingerprint density at radius 2 is 1.52 bits per heavy atom. The molecule has 9 atom stereocenters. The Hall–Kier alpha value is -6.79. The van der Waals surface area contributed by atoms with Crippen LogP contribution in [0.25, 0.3) is 0 Å². The Balaban J connectivity index is 1.18. The molecule has 65 heavy (non-hydrogen) atoms. The zero-order valence-corrected chi connectivity index (χ0v) is 35.6. The Kier molecular flexibility index (Phi) is 10.0. The predicted molar refractivity (Wildman–Crippen MR) is 232 cm³/mol. The van der Waals surface area contributed by atoms with Gasteiger partial charge in [0.25, 0.3) is 5.69 Å². The number of rotatable bonds is 9.